The summed E-state index contributed by atoms with van der Waals surface area (Å²) < 4.78 is 36.5. The largest absolute Gasteiger partial charge is 0.459 e. The van der Waals surface area contributed by atoms with E-state index in [2.05, 4.69) is 15.9 Å². The molecule has 0 saturated carbocycles. The van der Waals surface area contributed by atoms with Crippen molar-refractivity contribution >= 4 is 15.9 Å². The van der Waals surface area contributed by atoms with Gasteiger partial charge in [0.25, 0.3) is 0 Å². The summed E-state index contributed by atoms with van der Waals surface area (Å²) in [4.78, 5) is 0.600. The molecule has 1 heterocycles. The Bertz CT molecular complexity index is 148. The molecule has 0 unspecified atom stereocenters. The summed E-state index contributed by atoms with van der Waals surface area (Å²) in [6.07, 6.45) is -2.59. The van der Waals surface area contributed by atoms with E-state index in [0.29, 0.717) is 16.7 Å². The topological polar surface area (TPSA) is 3.24 Å². The van der Waals surface area contributed by atoms with Gasteiger partial charge in [0.05, 0.1) is 0 Å². The van der Waals surface area contributed by atoms with E-state index in [0.717, 1.165) is 6.42 Å². The zero-order chi connectivity index (χ0) is 9.19. The molecular weight excluding hydrogens is 235 g/mol. The maximum absolute atomic E-state index is 12.2. The lowest BCUT2D eigenvalue weighted by Crippen LogP contribution is -2.45. The van der Waals surface area contributed by atoms with Gasteiger partial charge >= 0.3 is 6.30 Å². The number of likely N-dealkylation sites (tertiary alicyclic amines) is 1. The van der Waals surface area contributed by atoms with E-state index >= 15 is 0 Å². The smallest absolute Gasteiger partial charge is 0.214 e. The zero-order valence-electron chi connectivity index (χ0n) is 6.57. The van der Waals surface area contributed by atoms with Gasteiger partial charge in [-0.15, -0.1) is 0 Å². The molecule has 1 rings (SSSR count). The Morgan fingerprint density at radius 1 is 1.42 bits per heavy atom. The SMILES string of the molecule is FC(F)(F)N1CCC[C@@H](CBr)C1. The summed E-state index contributed by atoms with van der Waals surface area (Å²) in [5.41, 5.74) is 0. The van der Waals surface area contributed by atoms with Gasteiger partial charge in [0.2, 0.25) is 0 Å². The lowest BCUT2D eigenvalue weighted by atomic mass is 10.0. The Morgan fingerprint density at radius 2 is 2.08 bits per heavy atom. The van der Waals surface area contributed by atoms with Crippen LogP contribution >= 0.6 is 15.9 Å². The van der Waals surface area contributed by atoms with Crippen LogP contribution in [0.3, 0.4) is 0 Å². The van der Waals surface area contributed by atoms with Crippen LogP contribution in [0.5, 0.6) is 0 Å². The first kappa shape index (κ1) is 10.3. The van der Waals surface area contributed by atoms with Crippen LogP contribution < -0.4 is 0 Å². The molecule has 0 aromatic carbocycles. The average Bonchev–Trinajstić information content (AvgIpc) is 2.03. The first-order valence-corrected chi connectivity index (χ1v) is 5.04. The van der Waals surface area contributed by atoms with E-state index in [-0.39, 0.29) is 19.0 Å². The molecule has 0 N–H and O–H groups in total. The molecule has 12 heavy (non-hydrogen) atoms. The highest BCUT2D eigenvalue weighted by Gasteiger charge is 2.39. The molecule has 1 atom stereocenters. The van der Waals surface area contributed by atoms with Crippen LogP contribution in [-0.4, -0.2) is 29.6 Å². The van der Waals surface area contributed by atoms with Crippen LogP contribution in [0.4, 0.5) is 13.2 Å². The minimum Gasteiger partial charge on any atom is -0.214 e. The molecule has 0 aromatic heterocycles. The van der Waals surface area contributed by atoms with Gasteiger partial charge in [-0.05, 0) is 18.8 Å². The van der Waals surface area contributed by atoms with Crippen LogP contribution in [0, 0.1) is 5.92 Å². The van der Waals surface area contributed by atoms with Crippen molar-refractivity contribution in [1.82, 2.24) is 4.90 Å². The Labute approximate surface area is 78.0 Å². The molecule has 1 aliphatic rings. The van der Waals surface area contributed by atoms with E-state index in [1.807, 2.05) is 0 Å². The fourth-order valence-electron chi connectivity index (χ4n) is 1.42. The molecule has 5 heteroatoms. The molecule has 1 saturated heterocycles. The summed E-state index contributed by atoms with van der Waals surface area (Å²) in [5.74, 6) is 0.153. The third-order valence-electron chi connectivity index (χ3n) is 2.10. The first-order chi connectivity index (χ1) is 5.54. The zero-order valence-corrected chi connectivity index (χ0v) is 8.16. The number of hydrogen-bond acceptors (Lipinski definition) is 1. The van der Waals surface area contributed by atoms with Crippen LogP contribution in [0.15, 0.2) is 0 Å². The van der Waals surface area contributed by atoms with E-state index in [1.54, 1.807) is 0 Å². The van der Waals surface area contributed by atoms with E-state index < -0.39 is 6.30 Å². The van der Waals surface area contributed by atoms with Crippen LogP contribution in [0.2, 0.25) is 0 Å². The minimum atomic E-state index is -4.14. The highest BCUT2D eigenvalue weighted by molar-refractivity contribution is 9.09. The van der Waals surface area contributed by atoms with Gasteiger partial charge in [-0.2, -0.15) is 13.2 Å². The molecule has 1 nitrogen and oxygen atoms in total. The predicted molar refractivity (Wildman–Crippen MR) is 44.1 cm³/mol. The van der Waals surface area contributed by atoms with Crippen molar-refractivity contribution in [1.29, 1.82) is 0 Å². The Hall–Kier alpha value is 0.230. The molecule has 0 radical (unpaired) electrons. The summed E-state index contributed by atoms with van der Waals surface area (Å²) in [6.45, 7) is 0.307. The number of rotatable bonds is 1. The second-order valence-corrected chi connectivity index (χ2v) is 3.72. The number of nitrogens with zero attached hydrogens (tertiary/aromatic N) is 1. The second-order valence-electron chi connectivity index (χ2n) is 3.08. The molecular formula is C7H11BrF3N. The van der Waals surface area contributed by atoms with Crippen molar-refractivity contribution in [3.05, 3.63) is 0 Å². The normalized spacial score (nSPS) is 27.5. The lowest BCUT2D eigenvalue weighted by molar-refractivity contribution is -0.252. The molecule has 0 spiro atoms. The van der Waals surface area contributed by atoms with Crippen molar-refractivity contribution in [3.8, 4) is 0 Å². The van der Waals surface area contributed by atoms with Crippen molar-refractivity contribution < 1.29 is 13.2 Å². The predicted octanol–water partition coefficient (Wildman–Crippen LogP) is 2.61. The Morgan fingerprint density at radius 3 is 2.58 bits per heavy atom. The Kier molecular flexibility index (Phi) is 3.40. The molecule has 1 aliphatic heterocycles. The van der Waals surface area contributed by atoms with Crippen LogP contribution in [0.25, 0.3) is 0 Å². The van der Waals surface area contributed by atoms with Crippen molar-refractivity contribution in [2.75, 3.05) is 18.4 Å². The van der Waals surface area contributed by atoms with Gasteiger partial charge < -0.3 is 0 Å². The molecule has 72 valence electrons. The van der Waals surface area contributed by atoms with Crippen LogP contribution in [-0.2, 0) is 0 Å². The number of alkyl halides is 4. The molecule has 1 fully saturated rings. The Balaban J connectivity index is 2.46. The summed E-state index contributed by atoms with van der Waals surface area (Å²) >= 11 is 3.21. The van der Waals surface area contributed by atoms with E-state index in [4.69, 9.17) is 0 Å². The number of halogens is 4. The van der Waals surface area contributed by atoms with Gasteiger partial charge in [-0.1, -0.05) is 15.9 Å². The molecule has 0 amide bonds. The summed E-state index contributed by atoms with van der Waals surface area (Å²) in [6, 6.07) is 0. The van der Waals surface area contributed by atoms with Gasteiger partial charge in [0.1, 0.15) is 0 Å². The maximum Gasteiger partial charge on any atom is 0.459 e. The van der Waals surface area contributed by atoms with E-state index in [1.165, 1.54) is 0 Å². The quantitative estimate of drug-likeness (QED) is 0.507. The van der Waals surface area contributed by atoms with Gasteiger partial charge in [0.15, 0.2) is 0 Å². The van der Waals surface area contributed by atoms with Crippen molar-refractivity contribution in [3.63, 3.8) is 0 Å². The monoisotopic (exact) mass is 245 g/mol. The fourth-order valence-corrected chi connectivity index (χ4v) is 1.95. The van der Waals surface area contributed by atoms with Gasteiger partial charge in [0, 0.05) is 18.4 Å². The van der Waals surface area contributed by atoms with Gasteiger partial charge in [-0.25, -0.2) is 4.90 Å². The third-order valence-corrected chi connectivity index (χ3v) is 3.01. The van der Waals surface area contributed by atoms with E-state index in [9.17, 15) is 13.2 Å². The molecule has 0 aliphatic carbocycles. The average molecular weight is 246 g/mol. The minimum absolute atomic E-state index is 0.148. The highest BCUT2D eigenvalue weighted by atomic mass is 79.9. The van der Waals surface area contributed by atoms with Crippen molar-refractivity contribution in [2.24, 2.45) is 5.92 Å². The number of piperidine rings is 1. The fraction of sp³-hybridized carbons (Fsp3) is 1.00. The lowest BCUT2D eigenvalue weighted by Gasteiger charge is -2.32. The second kappa shape index (κ2) is 3.96. The van der Waals surface area contributed by atoms with Crippen molar-refractivity contribution in [2.45, 2.75) is 19.1 Å². The highest BCUT2D eigenvalue weighted by Crippen LogP contribution is 2.28. The summed E-state index contributed by atoms with van der Waals surface area (Å²) in [5, 5.41) is 0.666. The van der Waals surface area contributed by atoms with Crippen LogP contribution in [0.1, 0.15) is 12.8 Å². The molecule has 0 bridgehead atoms. The maximum atomic E-state index is 12.2. The third kappa shape index (κ3) is 2.62. The molecule has 0 aromatic rings. The standard InChI is InChI=1S/C7H11BrF3N/c8-4-6-2-1-3-12(5-6)7(9,10)11/h6H,1-5H2/t6-/m0/s1. The number of hydrogen-bond donors (Lipinski definition) is 0. The van der Waals surface area contributed by atoms with Gasteiger partial charge in [-0.3, -0.25) is 0 Å². The first-order valence-electron chi connectivity index (χ1n) is 3.92. The summed E-state index contributed by atoms with van der Waals surface area (Å²) in [7, 11) is 0.